The molecule has 0 amide bonds. The molecule has 0 aliphatic heterocycles. The van der Waals surface area contributed by atoms with Crippen LogP contribution in [0.15, 0.2) is 23.0 Å². The number of benzene rings is 1. The van der Waals surface area contributed by atoms with E-state index in [0.29, 0.717) is 18.8 Å². The van der Waals surface area contributed by atoms with Gasteiger partial charge in [-0.15, -0.1) is 0 Å². The first kappa shape index (κ1) is 13.2. The normalized spacial score (nSPS) is 10.4. The van der Waals surface area contributed by atoms with Gasteiger partial charge in [0, 0.05) is 13.0 Å². The van der Waals surface area contributed by atoms with E-state index < -0.39 is 10.7 Å². The monoisotopic (exact) mass is 286 g/mol. The van der Waals surface area contributed by atoms with Gasteiger partial charge in [-0.25, -0.2) is 4.39 Å². The fraction of sp³-hybridized carbons (Fsp3) is 0.200. The molecule has 0 radical (unpaired) electrons. The van der Waals surface area contributed by atoms with Crippen LogP contribution in [0.1, 0.15) is 5.82 Å². The molecule has 1 aromatic carbocycles. The molecule has 0 saturated heterocycles. The summed E-state index contributed by atoms with van der Waals surface area (Å²) >= 11 is 5.59. The van der Waals surface area contributed by atoms with Gasteiger partial charge >= 0.3 is 0 Å². The van der Waals surface area contributed by atoms with Crippen molar-refractivity contribution in [3.8, 4) is 0 Å². The summed E-state index contributed by atoms with van der Waals surface area (Å²) in [5, 5.41) is 17.0. The first-order chi connectivity index (χ1) is 9.08. The number of nitrogens with zero attached hydrogens (tertiary/aromatic N) is 3. The largest absolute Gasteiger partial charge is 0.379 e. The predicted octanol–water partition coefficient (Wildman–Crippen LogP) is 2.42. The number of nitro groups is 1. The lowest BCUT2D eigenvalue weighted by Crippen LogP contribution is -2.08. The van der Waals surface area contributed by atoms with E-state index in [0.717, 1.165) is 6.07 Å². The quantitative estimate of drug-likeness (QED) is 0.670. The lowest BCUT2D eigenvalue weighted by molar-refractivity contribution is -0.384. The fourth-order valence-corrected chi connectivity index (χ4v) is 1.60. The number of rotatable bonds is 5. The molecule has 0 bridgehead atoms. The van der Waals surface area contributed by atoms with Crippen molar-refractivity contribution in [3.63, 3.8) is 0 Å². The molecule has 19 heavy (non-hydrogen) atoms. The Morgan fingerprint density at radius 3 is 2.95 bits per heavy atom. The van der Waals surface area contributed by atoms with Crippen LogP contribution in [0.2, 0.25) is 5.02 Å². The van der Waals surface area contributed by atoms with Crippen LogP contribution in [0.25, 0.3) is 0 Å². The number of anilines is 1. The second-order valence-electron chi connectivity index (χ2n) is 3.56. The third-order valence-electron chi connectivity index (χ3n) is 2.31. The Morgan fingerprint density at radius 1 is 1.53 bits per heavy atom. The van der Waals surface area contributed by atoms with E-state index in [9.17, 15) is 14.5 Å². The zero-order chi connectivity index (χ0) is 13.8. The Hall–Kier alpha value is -2.22. The van der Waals surface area contributed by atoms with Crippen molar-refractivity contribution >= 4 is 23.0 Å². The van der Waals surface area contributed by atoms with E-state index in [1.807, 2.05) is 0 Å². The van der Waals surface area contributed by atoms with E-state index in [2.05, 4.69) is 20.0 Å². The average Bonchev–Trinajstić information content (AvgIpc) is 2.86. The first-order valence-corrected chi connectivity index (χ1v) is 5.58. The van der Waals surface area contributed by atoms with Crippen molar-refractivity contribution < 1.29 is 13.8 Å². The van der Waals surface area contributed by atoms with Gasteiger partial charge in [-0.05, 0) is 6.07 Å². The third-order valence-corrected chi connectivity index (χ3v) is 2.60. The number of hydrogen-bond donors (Lipinski definition) is 1. The average molecular weight is 287 g/mol. The number of nitrogens with one attached hydrogen (secondary N) is 1. The van der Waals surface area contributed by atoms with Gasteiger partial charge in [0.2, 0.25) is 6.39 Å². The Balaban J connectivity index is 2.10. The maximum Gasteiger partial charge on any atom is 0.295 e. The topological polar surface area (TPSA) is 94.1 Å². The Kier molecular flexibility index (Phi) is 3.91. The third kappa shape index (κ3) is 3.16. The molecule has 7 nitrogen and oxygen atoms in total. The van der Waals surface area contributed by atoms with E-state index in [1.54, 1.807) is 0 Å². The maximum atomic E-state index is 13.2. The van der Waals surface area contributed by atoms with Gasteiger partial charge in [-0.1, -0.05) is 16.8 Å². The van der Waals surface area contributed by atoms with Crippen LogP contribution in [0, 0.1) is 15.9 Å². The highest BCUT2D eigenvalue weighted by atomic mass is 35.5. The summed E-state index contributed by atoms with van der Waals surface area (Å²) in [5.41, 5.74) is -0.241. The van der Waals surface area contributed by atoms with Crippen LogP contribution in [0.3, 0.4) is 0 Å². The molecule has 1 N–H and O–H groups in total. The van der Waals surface area contributed by atoms with E-state index in [1.165, 1.54) is 12.5 Å². The minimum atomic E-state index is -0.836. The molecule has 0 atom stereocenters. The van der Waals surface area contributed by atoms with Crippen molar-refractivity contribution in [2.75, 3.05) is 11.9 Å². The minimum Gasteiger partial charge on any atom is -0.379 e. The molecule has 100 valence electrons. The fourth-order valence-electron chi connectivity index (χ4n) is 1.44. The number of nitro benzene ring substituents is 1. The summed E-state index contributed by atoms with van der Waals surface area (Å²) in [4.78, 5) is 13.9. The minimum absolute atomic E-state index is 0.139. The summed E-state index contributed by atoms with van der Waals surface area (Å²) in [6.45, 7) is 0.322. The van der Waals surface area contributed by atoms with Crippen LogP contribution in [0.4, 0.5) is 15.8 Å². The Labute approximate surface area is 111 Å². The maximum absolute atomic E-state index is 13.2. The predicted molar refractivity (Wildman–Crippen MR) is 64.6 cm³/mol. The van der Waals surface area contributed by atoms with E-state index in [-0.39, 0.29) is 16.4 Å². The van der Waals surface area contributed by atoms with Crippen LogP contribution in [-0.4, -0.2) is 21.6 Å². The van der Waals surface area contributed by atoms with Gasteiger partial charge in [-0.2, -0.15) is 4.98 Å². The number of aromatic nitrogens is 2. The Bertz CT molecular complexity index is 591. The molecule has 0 fully saturated rings. The molecule has 1 heterocycles. The van der Waals surface area contributed by atoms with E-state index in [4.69, 9.17) is 11.6 Å². The Morgan fingerprint density at radius 2 is 2.32 bits per heavy atom. The molecule has 2 aromatic rings. The second kappa shape index (κ2) is 5.61. The van der Waals surface area contributed by atoms with Gasteiger partial charge in [0.1, 0.15) is 11.5 Å². The highest BCUT2D eigenvalue weighted by Crippen LogP contribution is 2.30. The SMILES string of the molecule is O=[N+]([O-])c1cc(F)c(Cl)cc1NCCc1ncon1. The highest BCUT2D eigenvalue weighted by molar-refractivity contribution is 6.31. The van der Waals surface area contributed by atoms with Crippen molar-refractivity contribution in [2.24, 2.45) is 0 Å². The zero-order valence-corrected chi connectivity index (χ0v) is 10.2. The van der Waals surface area contributed by atoms with Gasteiger partial charge in [-0.3, -0.25) is 10.1 Å². The smallest absolute Gasteiger partial charge is 0.295 e. The van der Waals surface area contributed by atoms with Gasteiger partial charge in [0.05, 0.1) is 16.0 Å². The summed E-state index contributed by atoms with van der Waals surface area (Å²) in [5.74, 6) is -0.375. The molecular formula is C10H8ClFN4O3. The molecule has 0 unspecified atom stereocenters. The van der Waals surface area contributed by atoms with Crippen LogP contribution >= 0.6 is 11.6 Å². The van der Waals surface area contributed by atoms with Gasteiger partial charge in [0.25, 0.3) is 5.69 Å². The molecule has 1 aromatic heterocycles. The number of halogens is 2. The van der Waals surface area contributed by atoms with Crippen molar-refractivity contribution in [1.29, 1.82) is 0 Å². The molecule has 0 spiro atoms. The molecule has 0 saturated carbocycles. The van der Waals surface area contributed by atoms with Gasteiger partial charge in [0.15, 0.2) is 5.82 Å². The summed E-state index contributed by atoms with van der Waals surface area (Å²) in [7, 11) is 0. The molecular weight excluding hydrogens is 279 g/mol. The summed E-state index contributed by atoms with van der Waals surface area (Å²) in [6, 6.07) is 1.95. The lowest BCUT2D eigenvalue weighted by Gasteiger charge is -2.06. The van der Waals surface area contributed by atoms with Crippen LogP contribution < -0.4 is 5.32 Å². The lowest BCUT2D eigenvalue weighted by atomic mass is 10.2. The standard InChI is InChI=1S/C10H8ClFN4O3/c11-6-3-8(9(16(17)18)4-7(6)12)13-2-1-10-14-5-19-15-10/h3-5,13H,1-2H2. The van der Waals surface area contributed by atoms with Gasteiger partial charge < -0.3 is 9.84 Å². The van der Waals surface area contributed by atoms with Crippen LogP contribution in [0.5, 0.6) is 0 Å². The zero-order valence-electron chi connectivity index (χ0n) is 9.47. The van der Waals surface area contributed by atoms with E-state index >= 15 is 0 Å². The van der Waals surface area contributed by atoms with Crippen molar-refractivity contribution in [2.45, 2.75) is 6.42 Å². The summed E-state index contributed by atoms with van der Waals surface area (Å²) in [6.07, 6.45) is 1.59. The number of hydrogen-bond acceptors (Lipinski definition) is 6. The second-order valence-corrected chi connectivity index (χ2v) is 3.97. The van der Waals surface area contributed by atoms with Crippen molar-refractivity contribution in [1.82, 2.24) is 10.1 Å². The summed E-state index contributed by atoms with van der Waals surface area (Å²) < 4.78 is 17.7. The molecule has 9 heteroatoms. The highest BCUT2D eigenvalue weighted by Gasteiger charge is 2.17. The van der Waals surface area contributed by atoms with Crippen LogP contribution in [-0.2, 0) is 6.42 Å². The first-order valence-electron chi connectivity index (χ1n) is 5.20. The van der Waals surface area contributed by atoms with Crippen molar-refractivity contribution in [3.05, 3.63) is 45.3 Å². The molecule has 2 rings (SSSR count). The molecule has 0 aliphatic rings. The molecule has 0 aliphatic carbocycles.